The predicted molar refractivity (Wildman–Crippen MR) is 129 cm³/mol. The van der Waals surface area contributed by atoms with Gasteiger partial charge in [0.05, 0.1) is 12.2 Å². The number of hydrogen-bond donors (Lipinski definition) is 1. The summed E-state index contributed by atoms with van der Waals surface area (Å²) in [5, 5.41) is 6.12. The van der Waals surface area contributed by atoms with Crippen molar-refractivity contribution in [3.63, 3.8) is 0 Å². The van der Waals surface area contributed by atoms with E-state index < -0.39 is 0 Å². The van der Waals surface area contributed by atoms with Crippen LogP contribution in [0.1, 0.15) is 28.9 Å². The van der Waals surface area contributed by atoms with Gasteiger partial charge in [-0.1, -0.05) is 72.8 Å². The molecule has 0 aromatic heterocycles. The third kappa shape index (κ3) is 3.97. The van der Waals surface area contributed by atoms with E-state index in [1.54, 1.807) is 0 Å². The highest BCUT2D eigenvalue weighted by Crippen LogP contribution is 2.34. The quantitative estimate of drug-likeness (QED) is 0.455. The largest absolute Gasteiger partial charge is 0.485 e. The Morgan fingerprint density at radius 3 is 2.53 bits per heavy atom. The highest BCUT2D eigenvalue weighted by molar-refractivity contribution is 6.07. The van der Waals surface area contributed by atoms with Crippen LogP contribution in [0, 0.1) is 0 Å². The van der Waals surface area contributed by atoms with E-state index in [2.05, 4.69) is 54.7 Å². The standard InChI is InChI=1S/C28H26N2O2/c1-20(24-15-9-13-21-10-5-6-14-25(21)24)29-18-23-19-30(26-16-7-8-17-27(26)32-23)28(31)22-11-3-2-4-12-22/h2-17,20,23,29H,18-19H2,1H3. The topological polar surface area (TPSA) is 41.6 Å². The van der Waals surface area contributed by atoms with Crippen LogP contribution < -0.4 is 15.0 Å². The van der Waals surface area contributed by atoms with Crippen molar-refractivity contribution < 1.29 is 9.53 Å². The van der Waals surface area contributed by atoms with Crippen LogP contribution in [0.3, 0.4) is 0 Å². The lowest BCUT2D eigenvalue weighted by atomic mass is 9.99. The maximum Gasteiger partial charge on any atom is 0.258 e. The van der Waals surface area contributed by atoms with Gasteiger partial charge in [-0.15, -0.1) is 0 Å². The number of hydrogen-bond acceptors (Lipinski definition) is 3. The molecule has 4 aromatic carbocycles. The van der Waals surface area contributed by atoms with E-state index in [-0.39, 0.29) is 18.1 Å². The minimum atomic E-state index is -0.144. The Morgan fingerprint density at radius 1 is 0.938 bits per heavy atom. The van der Waals surface area contributed by atoms with Crippen LogP contribution in [0.15, 0.2) is 97.1 Å². The Balaban J connectivity index is 1.35. The fourth-order valence-electron chi connectivity index (χ4n) is 4.38. The normalized spacial score (nSPS) is 16.3. The minimum Gasteiger partial charge on any atom is -0.485 e. The predicted octanol–water partition coefficient (Wildman–Crippen LogP) is 5.60. The number of rotatable bonds is 5. The third-order valence-electron chi connectivity index (χ3n) is 6.04. The van der Waals surface area contributed by atoms with Crippen molar-refractivity contribution in [3.05, 3.63) is 108 Å². The molecule has 5 rings (SSSR count). The van der Waals surface area contributed by atoms with Gasteiger partial charge in [-0.2, -0.15) is 0 Å². The van der Waals surface area contributed by atoms with Gasteiger partial charge < -0.3 is 15.0 Å². The number of benzene rings is 4. The fourth-order valence-corrected chi connectivity index (χ4v) is 4.38. The van der Waals surface area contributed by atoms with Gasteiger partial charge in [-0.05, 0) is 47.5 Å². The molecule has 0 radical (unpaired) electrons. The molecular formula is C28H26N2O2. The Kier molecular flexibility index (Phi) is 5.61. The minimum absolute atomic E-state index is 0.00606. The molecule has 0 saturated heterocycles. The maximum absolute atomic E-state index is 13.3. The van der Waals surface area contributed by atoms with Gasteiger partial charge >= 0.3 is 0 Å². The summed E-state index contributed by atoms with van der Waals surface area (Å²) in [5.74, 6) is 0.737. The number of fused-ring (bicyclic) bond motifs is 2. The zero-order chi connectivity index (χ0) is 21.9. The highest BCUT2D eigenvalue weighted by Gasteiger charge is 2.30. The first-order chi connectivity index (χ1) is 15.7. The molecule has 0 saturated carbocycles. The average molecular weight is 423 g/mol. The lowest BCUT2D eigenvalue weighted by Gasteiger charge is -2.35. The Labute approximate surface area is 188 Å². The van der Waals surface area contributed by atoms with Crippen molar-refractivity contribution >= 4 is 22.4 Å². The van der Waals surface area contributed by atoms with Crippen LogP contribution in [0.25, 0.3) is 10.8 Å². The van der Waals surface area contributed by atoms with Gasteiger partial charge in [0, 0.05) is 18.2 Å². The first-order valence-corrected chi connectivity index (χ1v) is 11.0. The van der Waals surface area contributed by atoms with Gasteiger partial charge in [-0.3, -0.25) is 4.79 Å². The second-order valence-electron chi connectivity index (χ2n) is 8.19. The first-order valence-electron chi connectivity index (χ1n) is 11.0. The molecule has 4 aromatic rings. The number of nitrogens with one attached hydrogen (secondary N) is 1. The molecule has 160 valence electrons. The van der Waals surface area contributed by atoms with Crippen molar-refractivity contribution in [2.75, 3.05) is 18.0 Å². The molecule has 2 unspecified atom stereocenters. The molecule has 0 fully saturated rings. The first kappa shape index (κ1) is 20.3. The average Bonchev–Trinajstić information content (AvgIpc) is 2.86. The van der Waals surface area contributed by atoms with Crippen molar-refractivity contribution in [3.8, 4) is 5.75 Å². The second-order valence-corrected chi connectivity index (χ2v) is 8.19. The number of ether oxygens (including phenoxy) is 1. The Hall–Kier alpha value is -3.63. The summed E-state index contributed by atoms with van der Waals surface area (Å²) in [6.45, 7) is 3.31. The molecule has 0 spiro atoms. The van der Waals surface area contributed by atoms with E-state index in [0.717, 1.165) is 11.4 Å². The number of carbonyl (C=O) groups is 1. The molecule has 1 aliphatic heterocycles. The summed E-state index contributed by atoms with van der Waals surface area (Å²) < 4.78 is 6.27. The second kappa shape index (κ2) is 8.85. The third-order valence-corrected chi connectivity index (χ3v) is 6.04. The summed E-state index contributed by atoms with van der Waals surface area (Å²) in [5.41, 5.74) is 2.76. The Morgan fingerprint density at radius 2 is 1.66 bits per heavy atom. The van der Waals surface area contributed by atoms with Gasteiger partial charge in [-0.25, -0.2) is 0 Å². The van der Waals surface area contributed by atoms with Crippen LogP contribution in [0.5, 0.6) is 5.75 Å². The summed E-state index contributed by atoms with van der Waals surface area (Å²) >= 11 is 0. The van der Waals surface area contributed by atoms with Crippen molar-refractivity contribution in [1.29, 1.82) is 0 Å². The van der Waals surface area contributed by atoms with Gasteiger partial charge in [0.15, 0.2) is 0 Å². The van der Waals surface area contributed by atoms with Gasteiger partial charge in [0.1, 0.15) is 11.9 Å². The molecule has 32 heavy (non-hydrogen) atoms. The van der Waals surface area contributed by atoms with E-state index in [1.807, 2.05) is 59.5 Å². The molecule has 1 N–H and O–H groups in total. The van der Waals surface area contributed by atoms with E-state index >= 15 is 0 Å². The maximum atomic E-state index is 13.3. The molecule has 1 amide bonds. The van der Waals surface area contributed by atoms with Crippen molar-refractivity contribution in [1.82, 2.24) is 5.32 Å². The molecule has 4 nitrogen and oxygen atoms in total. The van der Waals surface area contributed by atoms with Crippen molar-refractivity contribution in [2.24, 2.45) is 0 Å². The summed E-state index contributed by atoms with van der Waals surface area (Å²) in [6.07, 6.45) is -0.144. The molecule has 2 atom stereocenters. The zero-order valence-electron chi connectivity index (χ0n) is 18.1. The fraction of sp³-hybridized carbons (Fsp3) is 0.179. The number of amides is 1. The smallest absolute Gasteiger partial charge is 0.258 e. The lowest BCUT2D eigenvalue weighted by Crippen LogP contribution is -2.48. The van der Waals surface area contributed by atoms with Crippen molar-refractivity contribution in [2.45, 2.75) is 19.1 Å². The molecule has 4 heteroatoms. The lowest BCUT2D eigenvalue weighted by molar-refractivity contribution is 0.0954. The summed E-state index contributed by atoms with van der Waals surface area (Å²) in [7, 11) is 0. The Bertz CT molecular complexity index is 1230. The highest BCUT2D eigenvalue weighted by atomic mass is 16.5. The van der Waals surface area contributed by atoms with Crippen LogP contribution in [0.2, 0.25) is 0 Å². The summed E-state index contributed by atoms with van der Waals surface area (Å²) in [4.78, 5) is 15.1. The van der Waals surface area contributed by atoms with Crippen LogP contribution in [0.4, 0.5) is 5.69 Å². The van der Waals surface area contributed by atoms with E-state index in [4.69, 9.17) is 4.74 Å². The molecule has 1 heterocycles. The number of para-hydroxylation sites is 2. The van der Waals surface area contributed by atoms with Crippen LogP contribution >= 0.6 is 0 Å². The van der Waals surface area contributed by atoms with Gasteiger partial charge in [0.25, 0.3) is 5.91 Å². The van der Waals surface area contributed by atoms with Gasteiger partial charge in [0.2, 0.25) is 0 Å². The SMILES string of the molecule is CC(NCC1CN(C(=O)c2ccccc2)c2ccccc2O1)c1cccc2ccccc12. The monoisotopic (exact) mass is 422 g/mol. The van der Waals surface area contributed by atoms with E-state index in [0.29, 0.717) is 18.7 Å². The van der Waals surface area contributed by atoms with E-state index in [9.17, 15) is 4.79 Å². The number of carbonyl (C=O) groups excluding carboxylic acids is 1. The van der Waals surface area contributed by atoms with Crippen LogP contribution in [-0.4, -0.2) is 25.1 Å². The number of nitrogens with zero attached hydrogens (tertiary/aromatic N) is 1. The molecular weight excluding hydrogens is 396 g/mol. The molecule has 0 aliphatic carbocycles. The zero-order valence-corrected chi connectivity index (χ0v) is 18.1. The molecule has 1 aliphatic rings. The van der Waals surface area contributed by atoms with E-state index in [1.165, 1.54) is 16.3 Å². The summed E-state index contributed by atoms with van der Waals surface area (Å²) in [6, 6.07) is 32.2. The molecule has 0 bridgehead atoms. The number of anilines is 1. The van der Waals surface area contributed by atoms with Crippen LogP contribution in [-0.2, 0) is 0 Å².